The van der Waals surface area contributed by atoms with Gasteiger partial charge in [0.25, 0.3) is 0 Å². The van der Waals surface area contributed by atoms with E-state index in [4.69, 9.17) is 4.74 Å². The summed E-state index contributed by atoms with van der Waals surface area (Å²) in [4.78, 5) is 0. The summed E-state index contributed by atoms with van der Waals surface area (Å²) >= 11 is 0. The van der Waals surface area contributed by atoms with Crippen molar-refractivity contribution in [1.82, 2.24) is 4.67 Å². The summed E-state index contributed by atoms with van der Waals surface area (Å²) in [5.41, 5.74) is 13.4. The normalized spacial score (nSPS) is 16.3. The summed E-state index contributed by atoms with van der Waals surface area (Å²) in [5, 5.41) is 0. The minimum atomic E-state index is 0.112. The first-order valence-corrected chi connectivity index (χ1v) is 16.5. The van der Waals surface area contributed by atoms with Crippen LogP contribution in [0.4, 0.5) is 0 Å². The topological polar surface area (TPSA) is 12.5 Å². The van der Waals surface area contributed by atoms with Crippen LogP contribution in [0.3, 0.4) is 0 Å². The molecule has 0 saturated heterocycles. The number of hydrogen-bond acceptors (Lipinski definition) is 2. The third kappa shape index (κ3) is 7.83. The summed E-state index contributed by atoms with van der Waals surface area (Å²) < 4.78 is 8.28. The van der Waals surface area contributed by atoms with E-state index in [1.54, 1.807) is 7.11 Å². The molecule has 0 amide bonds. The molecule has 3 aliphatic rings. The van der Waals surface area contributed by atoms with Crippen LogP contribution in [0.5, 0.6) is 0 Å². The summed E-state index contributed by atoms with van der Waals surface area (Å²) in [6, 6.07) is 9.40. The number of aryl methyl sites for hydroxylation is 1. The first-order chi connectivity index (χ1) is 19.7. The van der Waals surface area contributed by atoms with Crippen LogP contribution >= 0.6 is 8.35 Å². The molecule has 0 aromatic carbocycles. The summed E-state index contributed by atoms with van der Waals surface area (Å²) in [6.45, 7) is 24.8. The summed E-state index contributed by atoms with van der Waals surface area (Å²) in [6.07, 6.45) is 12.4. The molecule has 42 heavy (non-hydrogen) atoms. The van der Waals surface area contributed by atoms with Gasteiger partial charge in [-0.1, -0.05) is 78.0 Å². The first kappa shape index (κ1) is 33.8. The van der Waals surface area contributed by atoms with Crippen LogP contribution in [0.1, 0.15) is 104 Å². The molecule has 0 N–H and O–H groups in total. The van der Waals surface area contributed by atoms with E-state index in [9.17, 15) is 0 Å². The Balaban J connectivity index is 2.09. The molecule has 0 aromatic heterocycles. The minimum absolute atomic E-state index is 0.112. The number of nitrogens with zero attached hydrogens (tertiary/aromatic N) is 1. The maximum Gasteiger partial charge on any atom is 0.126 e. The monoisotopic (exact) mass is 583 g/mol. The zero-order chi connectivity index (χ0) is 31.4. The Bertz CT molecular complexity index is 1420. The Morgan fingerprint density at radius 3 is 2.24 bits per heavy atom. The van der Waals surface area contributed by atoms with Gasteiger partial charge >= 0.3 is 0 Å². The van der Waals surface area contributed by atoms with Gasteiger partial charge in [-0.2, -0.15) is 0 Å². The molecule has 3 heteroatoms. The molecule has 0 saturated carbocycles. The van der Waals surface area contributed by atoms with Gasteiger partial charge < -0.3 is 4.74 Å². The van der Waals surface area contributed by atoms with Gasteiger partial charge in [-0.05, 0) is 148 Å². The van der Waals surface area contributed by atoms with Gasteiger partial charge in [0.2, 0.25) is 0 Å². The summed E-state index contributed by atoms with van der Waals surface area (Å²) in [5.74, 6) is 4.71. The largest absolute Gasteiger partial charge is 0.496 e. The summed E-state index contributed by atoms with van der Waals surface area (Å²) in [7, 11) is 5.19. The Labute approximate surface area is 259 Å². The maximum absolute atomic E-state index is 5.90. The van der Waals surface area contributed by atoms with Gasteiger partial charge in [0.05, 0.1) is 7.11 Å². The average Bonchev–Trinajstić information content (AvgIpc) is 3.37. The van der Waals surface area contributed by atoms with Crippen molar-refractivity contribution < 1.29 is 4.74 Å². The number of ether oxygens (including phenoxy) is 1. The average molecular weight is 584 g/mol. The zero-order valence-electron chi connectivity index (χ0n) is 28.5. The highest BCUT2D eigenvalue weighted by Crippen LogP contribution is 2.41. The van der Waals surface area contributed by atoms with Gasteiger partial charge in [0.15, 0.2) is 0 Å². The molecule has 0 heterocycles. The van der Waals surface area contributed by atoms with Crippen molar-refractivity contribution >= 4 is 20.2 Å². The van der Waals surface area contributed by atoms with Crippen molar-refractivity contribution in [2.45, 2.75) is 94.0 Å². The van der Waals surface area contributed by atoms with E-state index in [1.807, 2.05) is 0 Å². The van der Waals surface area contributed by atoms with Gasteiger partial charge in [0, 0.05) is 11.1 Å². The molecule has 0 aliphatic heterocycles. The lowest BCUT2D eigenvalue weighted by Crippen LogP contribution is -2.30. The first-order valence-electron chi connectivity index (χ1n) is 15.6. The second kappa shape index (κ2) is 14.2. The SMILES string of the molecule is C/C=C(\C=C1\C(OC)=CC(CC=Cc2cc(C=PN(C)C(C)(C)C)c3cc(C(C)C)ccc(C)c2-3)=C1C(C)C)C(C)C. The van der Waals surface area contributed by atoms with Crippen molar-refractivity contribution in [2.24, 2.45) is 11.8 Å². The molecule has 0 spiro atoms. The molecular weight excluding hydrogens is 529 g/mol. The lowest BCUT2D eigenvalue weighted by Gasteiger charge is -2.27. The molecule has 0 bridgehead atoms. The van der Waals surface area contributed by atoms with Crippen LogP contribution < -0.4 is 0 Å². The molecule has 226 valence electrons. The third-order valence-electron chi connectivity index (χ3n) is 8.37. The second-order valence-corrected chi connectivity index (χ2v) is 14.6. The van der Waals surface area contributed by atoms with Crippen LogP contribution in [0.15, 0.2) is 76.6 Å². The zero-order valence-corrected chi connectivity index (χ0v) is 29.4. The van der Waals surface area contributed by atoms with E-state index < -0.39 is 0 Å². The Morgan fingerprint density at radius 2 is 1.69 bits per heavy atom. The predicted octanol–water partition coefficient (Wildman–Crippen LogP) is 11.4. The Kier molecular flexibility index (Phi) is 11.4. The molecule has 0 fully saturated rings. The fourth-order valence-corrected chi connectivity index (χ4v) is 6.36. The van der Waals surface area contributed by atoms with Gasteiger partial charge in [-0.3, -0.25) is 4.67 Å². The van der Waals surface area contributed by atoms with Crippen LogP contribution in [-0.2, 0) is 4.74 Å². The number of allylic oxidation sites excluding steroid dienone is 7. The van der Waals surface area contributed by atoms with E-state index in [1.165, 1.54) is 64.0 Å². The number of rotatable bonds is 10. The molecule has 3 rings (SSSR count). The van der Waals surface area contributed by atoms with Gasteiger partial charge in [-0.25, -0.2) is 0 Å². The Hall–Kier alpha value is -2.67. The highest BCUT2D eigenvalue weighted by Gasteiger charge is 2.25. The molecule has 3 aliphatic carbocycles. The van der Waals surface area contributed by atoms with E-state index in [-0.39, 0.29) is 5.54 Å². The van der Waals surface area contributed by atoms with Crippen molar-refractivity contribution in [2.75, 3.05) is 14.2 Å². The number of hydrogen-bond donors (Lipinski definition) is 0. The molecule has 0 radical (unpaired) electrons. The fraction of sp³-hybridized carbons (Fsp3) is 0.462. The van der Waals surface area contributed by atoms with Crippen LogP contribution in [0.25, 0.3) is 17.2 Å². The second-order valence-electron chi connectivity index (χ2n) is 13.5. The predicted molar refractivity (Wildman–Crippen MR) is 189 cm³/mol. The standard InChI is InChI=1S/C39H54NOP/c1-14-29(25(2)3)21-35-36(41-13)23-32(37(35)27(6)7)17-15-16-31-20-33(24-42-40(12)39(9,10)11)34-22-30(26(4)5)19-18-28(8)38(31)34/h14-16,18-27H,17H2,1-13H3/b16-15?,29-14+,35-21-. The highest BCUT2D eigenvalue weighted by molar-refractivity contribution is 7.36. The van der Waals surface area contributed by atoms with Crippen molar-refractivity contribution in [3.05, 3.63) is 98.9 Å². The molecule has 0 unspecified atom stereocenters. The van der Waals surface area contributed by atoms with Crippen molar-refractivity contribution in [1.29, 1.82) is 0 Å². The molecular formula is C39H54NOP. The lowest BCUT2D eigenvalue weighted by molar-refractivity contribution is 0.302. The van der Waals surface area contributed by atoms with Crippen molar-refractivity contribution in [3.8, 4) is 11.1 Å². The highest BCUT2D eigenvalue weighted by atomic mass is 31.1. The third-order valence-corrected chi connectivity index (χ3v) is 9.71. The van der Waals surface area contributed by atoms with E-state index in [0.29, 0.717) is 17.8 Å². The lowest BCUT2D eigenvalue weighted by atomic mass is 9.90. The van der Waals surface area contributed by atoms with Gasteiger partial charge in [-0.15, -0.1) is 0 Å². The van der Waals surface area contributed by atoms with E-state index >= 15 is 0 Å². The van der Waals surface area contributed by atoms with Crippen LogP contribution in [0, 0.1) is 18.8 Å². The molecule has 0 aromatic rings. The van der Waals surface area contributed by atoms with Crippen molar-refractivity contribution in [3.63, 3.8) is 0 Å². The number of fused-ring (bicyclic) bond motifs is 1. The van der Waals surface area contributed by atoms with Gasteiger partial charge in [0.1, 0.15) is 5.76 Å². The molecule has 0 atom stereocenters. The Morgan fingerprint density at radius 1 is 1.00 bits per heavy atom. The van der Waals surface area contributed by atoms with E-state index in [0.717, 1.165) is 12.2 Å². The smallest absolute Gasteiger partial charge is 0.126 e. The van der Waals surface area contributed by atoms with Crippen LogP contribution in [-0.4, -0.2) is 30.2 Å². The quantitative estimate of drug-likeness (QED) is 0.258. The molecule has 2 nitrogen and oxygen atoms in total. The minimum Gasteiger partial charge on any atom is -0.496 e. The maximum atomic E-state index is 5.90. The van der Waals surface area contributed by atoms with E-state index in [2.05, 4.69) is 148 Å². The fourth-order valence-electron chi connectivity index (χ4n) is 5.50. The number of methoxy groups -OCH3 is 1. The van der Waals surface area contributed by atoms with Crippen LogP contribution in [0.2, 0.25) is 0 Å².